The maximum atomic E-state index is 12.4. The van der Waals surface area contributed by atoms with Crippen molar-refractivity contribution in [1.82, 2.24) is 0 Å². The average molecular weight is 508 g/mol. The summed E-state index contributed by atoms with van der Waals surface area (Å²) in [7, 11) is -4.13. The standard InChI is InChI=1S/C22H13Cl3N2O4S/c23-16-6-8-17(9-7-16)32(29,30)31-21-10-5-14(12-19(21)25)11-15(13-26)22(28)27-20-4-2-1-3-18(20)24/h1-12H,(H,27,28)/b15-11+. The zero-order valence-electron chi connectivity index (χ0n) is 16.1. The molecule has 0 aliphatic heterocycles. The molecule has 0 bridgehead atoms. The van der Waals surface area contributed by atoms with Crippen LogP contribution in [-0.4, -0.2) is 14.3 Å². The summed E-state index contributed by atoms with van der Waals surface area (Å²) >= 11 is 18.0. The fourth-order valence-corrected chi connectivity index (χ4v) is 4.04. The number of nitriles is 1. The number of para-hydroxylation sites is 1. The number of amides is 1. The van der Waals surface area contributed by atoms with E-state index in [0.717, 1.165) is 0 Å². The Balaban J connectivity index is 1.81. The van der Waals surface area contributed by atoms with Crippen LogP contribution < -0.4 is 9.50 Å². The lowest BCUT2D eigenvalue weighted by Gasteiger charge is -2.09. The molecule has 0 spiro atoms. The summed E-state index contributed by atoms with van der Waals surface area (Å²) in [5, 5.41) is 12.6. The number of hydrogen-bond donors (Lipinski definition) is 1. The molecule has 0 aliphatic carbocycles. The van der Waals surface area contributed by atoms with Crippen LogP contribution in [0.2, 0.25) is 15.1 Å². The van der Waals surface area contributed by atoms with Crippen molar-refractivity contribution in [2.75, 3.05) is 5.32 Å². The van der Waals surface area contributed by atoms with E-state index in [1.165, 1.54) is 48.5 Å². The van der Waals surface area contributed by atoms with Gasteiger partial charge in [-0.3, -0.25) is 4.79 Å². The zero-order valence-corrected chi connectivity index (χ0v) is 19.1. The van der Waals surface area contributed by atoms with Crippen LogP contribution in [0.1, 0.15) is 5.56 Å². The van der Waals surface area contributed by atoms with Gasteiger partial charge in [-0.05, 0) is 60.2 Å². The second-order valence-corrected chi connectivity index (χ2v) is 9.08. The van der Waals surface area contributed by atoms with E-state index in [9.17, 15) is 18.5 Å². The molecule has 3 aromatic carbocycles. The number of carbonyl (C=O) groups excluding carboxylic acids is 1. The van der Waals surface area contributed by atoms with Gasteiger partial charge in [-0.15, -0.1) is 0 Å². The van der Waals surface area contributed by atoms with Crippen LogP contribution >= 0.6 is 34.8 Å². The molecule has 32 heavy (non-hydrogen) atoms. The molecule has 0 saturated carbocycles. The quantitative estimate of drug-likeness (QED) is 0.252. The number of anilines is 1. The van der Waals surface area contributed by atoms with Gasteiger partial charge in [0.05, 0.1) is 15.7 Å². The fourth-order valence-electron chi connectivity index (χ4n) is 2.51. The topological polar surface area (TPSA) is 96.3 Å². The Kier molecular flexibility index (Phi) is 7.44. The SMILES string of the molecule is N#C/C(=C\c1ccc(OS(=O)(=O)c2ccc(Cl)cc2)c(Cl)c1)C(=O)Nc1ccccc1Cl. The smallest absolute Gasteiger partial charge is 0.339 e. The zero-order chi connectivity index (χ0) is 23.3. The van der Waals surface area contributed by atoms with Gasteiger partial charge < -0.3 is 9.50 Å². The first-order chi connectivity index (χ1) is 15.2. The predicted octanol–water partition coefficient (Wildman–Crippen LogP) is 5.96. The molecule has 1 N–H and O–H groups in total. The van der Waals surface area contributed by atoms with E-state index in [4.69, 9.17) is 39.0 Å². The number of rotatable bonds is 6. The number of carbonyl (C=O) groups is 1. The molecule has 0 atom stereocenters. The molecule has 0 aromatic heterocycles. The molecule has 3 aromatic rings. The minimum Gasteiger partial charge on any atom is -0.377 e. The van der Waals surface area contributed by atoms with Crippen molar-refractivity contribution in [2.45, 2.75) is 4.90 Å². The summed E-state index contributed by atoms with van der Waals surface area (Å²) < 4.78 is 29.9. The third-order valence-corrected chi connectivity index (χ3v) is 6.18. The van der Waals surface area contributed by atoms with Gasteiger partial charge in [-0.1, -0.05) is 53.0 Å². The van der Waals surface area contributed by atoms with Crippen LogP contribution in [0.15, 0.2) is 77.2 Å². The van der Waals surface area contributed by atoms with Crippen molar-refractivity contribution in [1.29, 1.82) is 5.26 Å². The van der Waals surface area contributed by atoms with Crippen LogP contribution in [0.25, 0.3) is 6.08 Å². The van der Waals surface area contributed by atoms with E-state index in [-0.39, 0.29) is 21.2 Å². The minimum atomic E-state index is -4.13. The molecule has 3 rings (SSSR count). The van der Waals surface area contributed by atoms with Crippen LogP contribution in [-0.2, 0) is 14.9 Å². The predicted molar refractivity (Wildman–Crippen MR) is 124 cm³/mol. The van der Waals surface area contributed by atoms with Crippen molar-refractivity contribution < 1.29 is 17.4 Å². The summed E-state index contributed by atoms with van der Waals surface area (Å²) in [6.45, 7) is 0. The Morgan fingerprint density at radius 3 is 2.28 bits per heavy atom. The van der Waals surface area contributed by atoms with Crippen molar-refractivity contribution in [3.05, 3.63) is 92.9 Å². The number of nitrogens with one attached hydrogen (secondary N) is 1. The van der Waals surface area contributed by atoms with Crippen molar-refractivity contribution in [3.8, 4) is 11.8 Å². The van der Waals surface area contributed by atoms with E-state index in [1.54, 1.807) is 24.3 Å². The molecule has 0 unspecified atom stereocenters. The average Bonchev–Trinajstić information content (AvgIpc) is 2.75. The van der Waals surface area contributed by atoms with E-state index in [2.05, 4.69) is 5.32 Å². The fraction of sp³-hybridized carbons (Fsp3) is 0. The molecular formula is C22H13Cl3N2O4S. The van der Waals surface area contributed by atoms with Crippen LogP contribution in [0, 0.1) is 11.3 Å². The summed E-state index contributed by atoms with van der Waals surface area (Å²) in [6.07, 6.45) is 1.30. The van der Waals surface area contributed by atoms with Gasteiger partial charge >= 0.3 is 10.1 Å². The molecular weight excluding hydrogens is 495 g/mol. The van der Waals surface area contributed by atoms with Gasteiger partial charge in [-0.2, -0.15) is 13.7 Å². The summed E-state index contributed by atoms with van der Waals surface area (Å²) in [5.41, 5.74) is 0.537. The van der Waals surface area contributed by atoms with E-state index < -0.39 is 16.0 Å². The monoisotopic (exact) mass is 506 g/mol. The number of halogens is 3. The van der Waals surface area contributed by atoms with Crippen LogP contribution in [0.5, 0.6) is 5.75 Å². The third-order valence-electron chi connectivity index (χ3n) is 4.06. The van der Waals surface area contributed by atoms with Crippen LogP contribution in [0.4, 0.5) is 5.69 Å². The van der Waals surface area contributed by atoms with Gasteiger partial charge in [-0.25, -0.2) is 0 Å². The Morgan fingerprint density at radius 1 is 0.969 bits per heavy atom. The Bertz CT molecular complexity index is 1350. The lowest BCUT2D eigenvalue weighted by Crippen LogP contribution is -2.13. The van der Waals surface area contributed by atoms with Gasteiger partial charge in [0.1, 0.15) is 16.5 Å². The Hall–Kier alpha value is -3.02. The maximum absolute atomic E-state index is 12.4. The molecule has 0 heterocycles. The van der Waals surface area contributed by atoms with Crippen molar-refractivity contribution in [3.63, 3.8) is 0 Å². The lowest BCUT2D eigenvalue weighted by atomic mass is 10.1. The first kappa shape index (κ1) is 23.6. The summed E-state index contributed by atoms with van der Waals surface area (Å²) in [5.74, 6) is -0.778. The first-order valence-corrected chi connectivity index (χ1v) is 11.4. The first-order valence-electron chi connectivity index (χ1n) is 8.87. The molecule has 1 amide bonds. The van der Waals surface area contributed by atoms with E-state index in [0.29, 0.717) is 21.3 Å². The van der Waals surface area contributed by atoms with Gasteiger partial charge in [0.2, 0.25) is 0 Å². The number of hydrogen-bond acceptors (Lipinski definition) is 5. The second-order valence-electron chi connectivity index (χ2n) is 6.29. The molecule has 162 valence electrons. The summed E-state index contributed by atoms with van der Waals surface area (Å²) in [4.78, 5) is 12.3. The van der Waals surface area contributed by atoms with Gasteiger partial charge in [0.25, 0.3) is 5.91 Å². The van der Waals surface area contributed by atoms with E-state index in [1.807, 2.05) is 6.07 Å². The highest BCUT2D eigenvalue weighted by atomic mass is 35.5. The van der Waals surface area contributed by atoms with Gasteiger partial charge in [0.15, 0.2) is 5.75 Å². The van der Waals surface area contributed by atoms with Crippen LogP contribution in [0.3, 0.4) is 0 Å². The molecule has 6 nitrogen and oxygen atoms in total. The molecule has 10 heteroatoms. The summed E-state index contributed by atoms with van der Waals surface area (Å²) in [6, 6.07) is 18.0. The molecule has 0 aliphatic rings. The van der Waals surface area contributed by atoms with E-state index >= 15 is 0 Å². The molecule has 0 saturated heterocycles. The Morgan fingerprint density at radius 2 is 1.66 bits per heavy atom. The lowest BCUT2D eigenvalue weighted by molar-refractivity contribution is -0.112. The Labute approximate surface area is 199 Å². The van der Waals surface area contributed by atoms with Gasteiger partial charge in [0, 0.05) is 5.02 Å². The van der Waals surface area contributed by atoms with Crippen molar-refractivity contribution in [2.24, 2.45) is 0 Å². The molecule has 0 radical (unpaired) electrons. The highest BCUT2D eigenvalue weighted by molar-refractivity contribution is 7.87. The maximum Gasteiger partial charge on any atom is 0.339 e. The largest absolute Gasteiger partial charge is 0.377 e. The highest BCUT2D eigenvalue weighted by Crippen LogP contribution is 2.30. The number of nitrogens with zero attached hydrogens (tertiary/aromatic N) is 1. The third kappa shape index (κ3) is 5.81. The number of benzene rings is 3. The molecule has 0 fully saturated rings. The van der Waals surface area contributed by atoms with Crippen molar-refractivity contribution >= 4 is 62.6 Å². The second kappa shape index (κ2) is 10.1. The normalized spacial score (nSPS) is 11.5. The minimum absolute atomic E-state index is 0.0277. The highest BCUT2D eigenvalue weighted by Gasteiger charge is 2.19.